The van der Waals surface area contributed by atoms with Crippen LogP contribution in [0, 0.1) is 0 Å². The van der Waals surface area contributed by atoms with E-state index in [4.69, 9.17) is 0 Å². The van der Waals surface area contributed by atoms with Crippen molar-refractivity contribution in [2.45, 2.75) is 25.7 Å². The number of rotatable bonds is 2. The van der Waals surface area contributed by atoms with Gasteiger partial charge in [0.1, 0.15) is 5.65 Å². The maximum absolute atomic E-state index is 11.7. The summed E-state index contributed by atoms with van der Waals surface area (Å²) in [6, 6.07) is 4.06. The highest BCUT2D eigenvalue weighted by Crippen LogP contribution is 2.31. The number of carbonyl (C=O) groups is 1. The molecule has 2 aromatic heterocycles. The third-order valence-electron chi connectivity index (χ3n) is 3.77. The Labute approximate surface area is 106 Å². The van der Waals surface area contributed by atoms with Crippen LogP contribution in [0.15, 0.2) is 24.5 Å². The van der Waals surface area contributed by atoms with Crippen molar-refractivity contribution >= 4 is 16.9 Å². The van der Waals surface area contributed by atoms with Crippen molar-refractivity contribution in [2.75, 3.05) is 13.1 Å². The van der Waals surface area contributed by atoms with Crippen LogP contribution in [0.1, 0.15) is 31.2 Å². The number of nitrogens with one attached hydrogen (secondary N) is 1. The van der Waals surface area contributed by atoms with Gasteiger partial charge in [-0.3, -0.25) is 4.79 Å². The second-order valence-corrected chi connectivity index (χ2v) is 4.82. The zero-order chi connectivity index (χ0) is 12.5. The van der Waals surface area contributed by atoms with Gasteiger partial charge in [0.25, 0.3) is 0 Å². The maximum atomic E-state index is 11.7. The summed E-state index contributed by atoms with van der Waals surface area (Å²) in [6.45, 7) is 3.64. The Hall–Kier alpha value is -1.84. The fourth-order valence-electron chi connectivity index (χ4n) is 2.78. The molecule has 0 spiro atoms. The molecule has 1 saturated heterocycles. The number of H-pyrrole nitrogens is 1. The van der Waals surface area contributed by atoms with E-state index in [9.17, 15) is 4.79 Å². The minimum atomic E-state index is 0.260. The van der Waals surface area contributed by atoms with E-state index in [2.05, 4.69) is 16.0 Å². The van der Waals surface area contributed by atoms with Crippen LogP contribution in [0.2, 0.25) is 0 Å². The molecule has 1 N–H and O–H groups in total. The molecule has 2 aromatic rings. The molecule has 1 fully saturated rings. The molecule has 4 heteroatoms. The van der Waals surface area contributed by atoms with Crippen LogP contribution in [0.5, 0.6) is 0 Å². The highest BCUT2D eigenvalue weighted by atomic mass is 16.2. The molecular formula is C14H17N3O. The van der Waals surface area contributed by atoms with E-state index in [-0.39, 0.29) is 5.91 Å². The fraction of sp³-hybridized carbons (Fsp3) is 0.429. The minimum Gasteiger partial charge on any atom is -0.346 e. The first-order chi connectivity index (χ1) is 8.79. The zero-order valence-electron chi connectivity index (χ0n) is 10.5. The molecule has 0 saturated carbocycles. The van der Waals surface area contributed by atoms with Crippen molar-refractivity contribution in [1.29, 1.82) is 0 Å². The number of aromatic amines is 1. The molecule has 94 valence electrons. The van der Waals surface area contributed by atoms with E-state index >= 15 is 0 Å². The monoisotopic (exact) mass is 243 g/mol. The average Bonchev–Trinajstić information content (AvgIpc) is 3.03. The van der Waals surface area contributed by atoms with E-state index in [1.807, 2.05) is 24.1 Å². The van der Waals surface area contributed by atoms with Gasteiger partial charge in [0.2, 0.25) is 5.91 Å². The lowest BCUT2D eigenvalue weighted by atomic mass is 9.99. The van der Waals surface area contributed by atoms with E-state index in [1.54, 1.807) is 6.20 Å². The predicted octanol–water partition coefficient (Wildman–Crippen LogP) is 2.29. The molecule has 18 heavy (non-hydrogen) atoms. The fourth-order valence-corrected chi connectivity index (χ4v) is 2.78. The molecule has 3 rings (SSSR count). The lowest BCUT2D eigenvalue weighted by Gasteiger charge is -2.15. The number of nitrogens with zero attached hydrogens (tertiary/aromatic N) is 2. The smallest absolute Gasteiger partial charge is 0.222 e. The summed E-state index contributed by atoms with van der Waals surface area (Å²) in [6.07, 6.45) is 5.49. The molecule has 3 heterocycles. The van der Waals surface area contributed by atoms with Crippen LogP contribution >= 0.6 is 0 Å². The first-order valence-corrected chi connectivity index (χ1v) is 6.49. The summed E-state index contributed by atoms with van der Waals surface area (Å²) < 4.78 is 0. The SMILES string of the molecule is CCC(=O)N1CCC(c2c[nH]c3ncccc23)C1. The summed E-state index contributed by atoms with van der Waals surface area (Å²) in [4.78, 5) is 21.2. The number of pyridine rings is 1. The van der Waals surface area contributed by atoms with Gasteiger partial charge in [-0.25, -0.2) is 4.98 Å². The number of hydrogen-bond acceptors (Lipinski definition) is 2. The molecule has 0 aliphatic carbocycles. The van der Waals surface area contributed by atoms with Gasteiger partial charge in [0, 0.05) is 43.2 Å². The summed E-state index contributed by atoms with van der Waals surface area (Å²) in [5.74, 6) is 0.703. The maximum Gasteiger partial charge on any atom is 0.222 e. The van der Waals surface area contributed by atoms with Crippen molar-refractivity contribution in [1.82, 2.24) is 14.9 Å². The third kappa shape index (κ3) is 1.78. The molecular weight excluding hydrogens is 226 g/mol. The second-order valence-electron chi connectivity index (χ2n) is 4.82. The van der Waals surface area contributed by atoms with E-state index in [1.165, 1.54) is 10.9 Å². The van der Waals surface area contributed by atoms with Gasteiger partial charge in [-0.1, -0.05) is 6.92 Å². The van der Waals surface area contributed by atoms with Crippen LogP contribution < -0.4 is 0 Å². The largest absolute Gasteiger partial charge is 0.346 e. The first-order valence-electron chi connectivity index (χ1n) is 6.49. The van der Waals surface area contributed by atoms with Gasteiger partial charge < -0.3 is 9.88 Å². The number of hydrogen-bond donors (Lipinski definition) is 1. The van der Waals surface area contributed by atoms with Gasteiger partial charge >= 0.3 is 0 Å². The van der Waals surface area contributed by atoms with Crippen LogP contribution in [-0.4, -0.2) is 33.9 Å². The minimum absolute atomic E-state index is 0.260. The normalized spacial score (nSPS) is 19.6. The number of aromatic nitrogens is 2. The second kappa shape index (κ2) is 4.44. The van der Waals surface area contributed by atoms with Gasteiger partial charge in [0.05, 0.1) is 0 Å². The van der Waals surface area contributed by atoms with E-state index in [0.29, 0.717) is 12.3 Å². The Balaban J connectivity index is 1.86. The Morgan fingerprint density at radius 1 is 1.61 bits per heavy atom. The Morgan fingerprint density at radius 3 is 3.33 bits per heavy atom. The molecule has 1 amide bonds. The Morgan fingerprint density at radius 2 is 2.50 bits per heavy atom. The van der Waals surface area contributed by atoms with Crippen molar-refractivity contribution in [3.63, 3.8) is 0 Å². The van der Waals surface area contributed by atoms with Crippen molar-refractivity contribution in [3.8, 4) is 0 Å². The van der Waals surface area contributed by atoms with Crippen molar-refractivity contribution < 1.29 is 4.79 Å². The summed E-state index contributed by atoms with van der Waals surface area (Å²) in [7, 11) is 0. The lowest BCUT2D eigenvalue weighted by molar-refractivity contribution is -0.129. The molecule has 0 bridgehead atoms. The molecule has 0 radical (unpaired) electrons. The average molecular weight is 243 g/mol. The van der Waals surface area contributed by atoms with E-state index < -0.39 is 0 Å². The number of likely N-dealkylation sites (tertiary alicyclic amines) is 1. The highest BCUT2D eigenvalue weighted by Gasteiger charge is 2.27. The third-order valence-corrected chi connectivity index (χ3v) is 3.77. The number of amides is 1. The molecule has 0 aromatic carbocycles. The topological polar surface area (TPSA) is 49.0 Å². The summed E-state index contributed by atoms with van der Waals surface area (Å²) in [5, 5.41) is 1.19. The molecule has 4 nitrogen and oxygen atoms in total. The van der Waals surface area contributed by atoms with Crippen molar-refractivity contribution in [2.24, 2.45) is 0 Å². The first kappa shape index (κ1) is 11.3. The Kier molecular flexibility index (Phi) is 2.78. The van der Waals surface area contributed by atoms with Gasteiger partial charge in [0.15, 0.2) is 0 Å². The molecule has 1 aliphatic heterocycles. The van der Waals surface area contributed by atoms with Crippen LogP contribution in [0.25, 0.3) is 11.0 Å². The van der Waals surface area contributed by atoms with Gasteiger partial charge in [-0.15, -0.1) is 0 Å². The van der Waals surface area contributed by atoms with Crippen LogP contribution in [0.4, 0.5) is 0 Å². The summed E-state index contributed by atoms with van der Waals surface area (Å²) >= 11 is 0. The van der Waals surface area contributed by atoms with Crippen LogP contribution in [0.3, 0.4) is 0 Å². The lowest BCUT2D eigenvalue weighted by Crippen LogP contribution is -2.27. The molecule has 1 aliphatic rings. The molecule has 1 atom stereocenters. The van der Waals surface area contributed by atoms with E-state index in [0.717, 1.165) is 25.2 Å². The number of fused-ring (bicyclic) bond motifs is 1. The van der Waals surface area contributed by atoms with Crippen LogP contribution in [-0.2, 0) is 4.79 Å². The Bertz CT molecular complexity index is 575. The van der Waals surface area contributed by atoms with Crippen molar-refractivity contribution in [3.05, 3.63) is 30.1 Å². The van der Waals surface area contributed by atoms with Gasteiger partial charge in [-0.2, -0.15) is 0 Å². The zero-order valence-corrected chi connectivity index (χ0v) is 10.5. The highest BCUT2D eigenvalue weighted by molar-refractivity contribution is 5.81. The molecule has 1 unspecified atom stereocenters. The number of carbonyl (C=O) groups excluding carboxylic acids is 1. The van der Waals surface area contributed by atoms with Gasteiger partial charge in [-0.05, 0) is 24.1 Å². The summed E-state index contributed by atoms with van der Waals surface area (Å²) in [5.41, 5.74) is 2.23. The predicted molar refractivity (Wildman–Crippen MR) is 70.3 cm³/mol. The standard InChI is InChI=1S/C14H17N3O/c1-2-13(18)17-7-5-10(9-17)12-8-16-14-11(12)4-3-6-15-14/h3-4,6,8,10H,2,5,7,9H2,1H3,(H,15,16). The quantitative estimate of drug-likeness (QED) is 0.879.